The quantitative estimate of drug-likeness (QED) is 0.544. The zero-order chi connectivity index (χ0) is 24.7. The molecule has 0 bridgehead atoms. The van der Waals surface area contributed by atoms with Crippen LogP contribution in [-0.4, -0.2) is 56.4 Å². The van der Waals surface area contributed by atoms with Crippen molar-refractivity contribution in [2.24, 2.45) is 13.0 Å². The van der Waals surface area contributed by atoms with Crippen molar-refractivity contribution < 1.29 is 22.7 Å². The van der Waals surface area contributed by atoms with E-state index in [1.807, 2.05) is 28.7 Å². The summed E-state index contributed by atoms with van der Waals surface area (Å²) in [6.07, 6.45) is 2.75. The third-order valence-electron chi connectivity index (χ3n) is 6.86. The summed E-state index contributed by atoms with van der Waals surface area (Å²) in [5.74, 6) is 0.923. The smallest absolute Gasteiger partial charge is 0.381 e. The van der Waals surface area contributed by atoms with E-state index in [0.29, 0.717) is 49.4 Å². The number of aromatic nitrogens is 4. The zero-order valence-electron chi connectivity index (χ0n) is 19.8. The van der Waals surface area contributed by atoms with Crippen LogP contribution < -0.4 is 0 Å². The van der Waals surface area contributed by atoms with Gasteiger partial charge in [0, 0.05) is 63.0 Å². The molecular weight excluding hydrogens is 459 g/mol. The van der Waals surface area contributed by atoms with Crippen LogP contribution in [0.2, 0.25) is 0 Å². The molecule has 186 valence electrons. The molecule has 2 aliphatic rings. The van der Waals surface area contributed by atoms with Gasteiger partial charge < -0.3 is 14.2 Å². The van der Waals surface area contributed by atoms with Crippen molar-refractivity contribution >= 4 is 5.91 Å². The van der Waals surface area contributed by atoms with Gasteiger partial charge in [-0.05, 0) is 60.9 Å². The molecule has 2 aromatic heterocycles. The highest BCUT2D eigenvalue weighted by Gasteiger charge is 2.39. The van der Waals surface area contributed by atoms with Crippen LogP contribution in [0.5, 0.6) is 0 Å². The van der Waals surface area contributed by atoms with Crippen LogP contribution in [0.3, 0.4) is 0 Å². The summed E-state index contributed by atoms with van der Waals surface area (Å²) >= 11 is 0. The Bertz CT molecular complexity index is 1240. The summed E-state index contributed by atoms with van der Waals surface area (Å²) in [7, 11) is 1.48. The van der Waals surface area contributed by atoms with Gasteiger partial charge in [0.1, 0.15) is 5.82 Å². The molecule has 0 aliphatic carbocycles. The van der Waals surface area contributed by atoms with Crippen molar-refractivity contribution in [3.8, 4) is 11.1 Å². The van der Waals surface area contributed by atoms with Crippen LogP contribution in [-0.2, 0) is 30.9 Å². The first kappa shape index (κ1) is 23.6. The lowest BCUT2D eigenvalue weighted by Crippen LogP contribution is -2.42. The van der Waals surface area contributed by atoms with E-state index in [1.54, 1.807) is 12.3 Å². The lowest BCUT2D eigenvalue weighted by molar-refractivity contribution is -0.140. The highest BCUT2D eigenvalue weighted by Crippen LogP contribution is 2.40. The van der Waals surface area contributed by atoms with Gasteiger partial charge in [0.15, 0.2) is 5.69 Å². The number of carbonyl (C=O) groups is 1. The Morgan fingerprint density at radius 2 is 2.00 bits per heavy atom. The molecule has 7 nitrogen and oxygen atoms in total. The Morgan fingerprint density at radius 1 is 1.20 bits per heavy atom. The number of hydrogen-bond acceptors (Lipinski definition) is 4. The molecule has 1 amide bonds. The number of ether oxygens (including phenoxy) is 1. The minimum Gasteiger partial charge on any atom is -0.381 e. The molecular formula is C25H28F3N5O2. The number of hydrogen-bond donors (Lipinski definition) is 0. The van der Waals surface area contributed by atoms with Crippen molar-refractivity contribution in [2.75, 3.05) is 26.3 Å². The van der Waals surface area contributed by atoms with Crippen molar-refractivity contribution in [1.82, 2.24) is 24.2 Å². The largest absolute Gasteiger partial charge is 0.435 e. The fourth-order valence-electron chi connectivity index (χ4n) is 5.14. The number of fused-ring (bicyclic) bond motifs is 1. The highest BCUT2D eigenvalue weighted by atomic mass is 19.4. The Balaban J connectivity index is 1.58. The van der Waals surface area contributed by atoms with Crippen molar-refractivity contribution in [2.45, 2.75) is 38.9 Å². The minimum absolute atomic E-state index is 0.00221. The molecule has 1 saturated heterocycles. The standard InChI is InChI=1S/C25H28F3N5O2/c1-16-29-6-8-32(16)13-18-10-20(22-14-31(2)30-23(22)25(26,27)28)19-5-7-33(24(34)21(19)11-18)12-17-4-3-9-35-15-17/h6,8,10-11,14,17H,3-5,7,9,12-13,15H2,1-2H3. The third kappa shape index (κ3) is 4.71. The number of aryl methyl sites for hydroxylation is 2. The van der Waals surface area contributed by atoms with E-state index in [-0.39, 0.29) is 17.4 Å². The first-order chi connectivity index (χ1) is 16.7. The molecule has 0 N–H and O–H groups in total. The Morgan fingerprint density at radius 3 is 2.69 bits per heavy atom. The van der Waals surface area contributed by atoms with Crippen LogP contribution in [0.15, 0.2) is 30.7 Å². The Labute approximate surface area is 201 Å². The molecule has 1 atom stereocenters. The maximum absolute atomic E-state index is 13.9. The normalized spacial score (nSPS) is 18.7. The molecule has 0 saturated carbocycles. The molecule has 0 radical (unpaired) electrons. The molecule has 10 heteroatoms. The zero-order valence-corrected chi connectivity index (χ0v) is 19.8. The number of alkyl halides is 3. The lowest BCUT2D eigenvalue weighted by atomic mass is 9.87. The number of imidazole rings is 1. The van der Waals surface area contributed by atoms with Gasteiger partial charge in [0.2, 0.25) is 0 Å². The highest BCUT2D eigenvalue weighted by molar-refractivity contribution is 5.99. The monoisotopic (exact) mass is 487 g/mol. The van der Waals surface area contributed by atoms with Crippen molar-refractivity contribution in [1.29, 1.82) is 0 Å². The third-order valence-corrected chi connectivity index (χ3v) is 6.86. The number of rotatable bonds is 5. The summed E-state index contributed by atoms with van der Waals surface area (Å²) in [5, 5.41) is 3.71. The molecule has 1 unspecified atom stereocenters. The number of amides is 1. The van der Waals surface area contributed by atoms with E-state index in [9.17, 15) is 18.0 Å². The van der Waals surface area contributed by atoms with Gasteiger partial charge in [-0.1, -0.05) is 0 Å². The Hall–Kier alpha value is -3.14. The van der Waals surface area contributed by atoms with E-state index in [0.717, 1.165) is 30.8 Å². The van der Waals surface area contributed by atoms with Gasteiger partial charge in [-0.25, -0.2) is 4.98 Å². The number of carbonyl (C=O) groups excluding carboxylic acids is 1. The van der Waals surface area contributed by atoms with E-state index in [1.165, 1.54) is 17.9 Å². The molecule has 1 fully saturated rings. The molecule has 4 heterocycles. The summed E-state index contributed by atoms with van der Waals surface area (Å²) in [5.41, 5.74) is 1.35. The second-order valence-electron chi connectivity index (χ2n) is 9.42. The van der Waals surface area contributed by atoms with E-state index in [4.69, 9.17) is 4.74 Å². The fourth-order valence-corrected chi connectivity index (χ4v) is 5.14. The average Bonchev–Trinajstić information content (AvgIpc) is 3.41. The van der Waals surface area contributed by atoms with Crippen molar-refractivity contribution in [3.05, 3.63) is 58.9 Å². The summed E-state index contributed by atoms with van der Waals surface area (Å²) in [6.45, 7) is 4.71. The van der Waals surface area contributed by atoms with Crippen LogP contribution in [0.1, 0.15) is 45.8 Å². The van der Waals surface area contributed by atoms with Gasteiger partial charge >= 0.3 is 6.18 Å². The number of nitrogens with zero attached hydrogens (tertiary/aromatic N) is 5. The molecule has 35 heavy (non-hydrogen) atoms. The molecule has 5 rings (SSSR count). The van der Waals surface area contributed by atoms with E-state index >= 15 is 0 Å². The first-order valence-corrected chi connectivity index (χ1v) is 11.8. The lowest BCUT2D eigenvalue weighted by Gasteiger charge is -2.34. The molecule has 3 aromatic rings. The summed E-state index contributed by atoms with van der Waals surface area (Å²) in [4.78, 5) is 19.7. The van der Waals surface area contributed by atoms with Crippen LogP contribution in [0, 0.1) is 12.8 Å². The molecule has 2 aliphatic heterocycles. The van der Waals surface area contributed by atoms with Gasteiger partial charge in [-0.3, -0.25) is 9.48 Å². The predicted molar refractivity (Wildman–Crippen MR) is 123 cm³/mol. The molecule has 0 spiro atoms. The molecule has 1 aromatic carbocycles. The average molecular weight is 488 g/mol. The maximum Gasteiger partial charge on any atom is 0.435 e. The van der Waals surface area contributed by atoms with Crippen molar-refractivity contribution in [3.63, 3.8) is 0 Å². The van der Waals surface area contributed by atoms with Gasteiger partial charge in [-0.15, -0.1) is 0 Å². The predicted octanol–water partition coefficient (Wildman–Crippen LogP) is 4.08. The van der Waals surface area contributed by atoms with Crippen LogP contribution in [0.4, 0.5) is 13.2 Å². The minimum atomic E-state index is -4.61. The summed E-state index contributed by atoms with van der Waals surface area (Å²) < 4.78 is 50.2. The Kier molecular flexibility index (Phi) is 6.16. The first-order valence-electron chi connectivity index (χ1n) is 11.8. The van der Waals surface area contributed by atoms with E-state index in [2.05, 4.69) is 10.1 Å². The summed E-state index contributed by atoms with van der Waals surface area (Å²) in [6, 6.07) is 3.59. The number of benzene rings is 1. The maximum atomic E-state index is 13.9. The number of halogens is 3. The fraction of sp³-hybridized carbons (Fsp3) is 0.480. The van der Waals surface area contributed by atoms with Gasteiger partial charge in [0.25, 0.3) is 5.91 Å². The van der Waals surface area contributed by atoms with Crippen LogP contribution >= 0.6 is 0 Å². The second-order valence-corrected chi connectivity index (χ2v) is 9.42. The van der Waals surface area contributed by atoms with Gasteiger partial charge in [0.05, 0.1) is 6.61 Å². The van der Waals surface area contributed by atoms with Gasteiger partial charge in [-0.2, -0.15) is 18.3 Å². The SMILES string of the molecule is Cc1nccn1Cc1cc2c(c(-c3cn(C)nc3C(F)(F)F)c1)CCN(CC1CCCOC1)C2=O. The van der Waals surface area contributed by atoms with E-state index < -0.39 is 11.9 Å². The van der Waals surface area contributed by atoms with Crippen LogP contribution in [0.25, 0.3) is 11.1 Å². The topological polar surface area (TPSA) is 65.2 Å². The second kappa shape index (κ2) is 9.14.